The van der Waals surface area contributed by atoms with Crippen LogP contribution < -0.4 is 16.2 Å². The van der Waals surface area contributed by atoms with E-state index in [2.05, 4.69) is 16.2 Å². The molecule has 0 saturated carbocycles. The van der Waals surface area contributed by atoms with Crippen LogP contribution in [0.15, 0.2) is 66.7 Å². The highest BCUT2D eigenvalue weighted by atomic mass is 35.5. The molecule has 8 heteroatoms. The molecule has 3 amide bonds. The van der Waals surface area contributed by atoms with Crippen molar-refractivity contribution < 1.29 is 14.4 Å². The first-order valence-electron chi connectivity index (χ1n) is 9.33. The van der Waals surface area contributed by atoms with E-state index in [0.717, 1.165) is 5.56 Å². The topological polar surface area (TPSA) is 87.3 Å². The summed E-state index contributed by atoms with van der Waals surface area (Å²) in [5, 5.41) is 3.66. The second-order valence-electron chi connectivity index (χ2n) is 6.76. The maximum atomic E-state index is 12.3. The fraction of sp³-hybridized carbons (Fsp3) is 0.0870. The molecular weight excluding hydrogens is 437 g/mol. The van der Waals surface area contributed by atoms with Gasteiger partial charge >= 0.3 is 0 Å². The van der Waals surface area contributed by atoms with Crippen LogP contribution in [0.1, 0.15) is 31.8 Å². The summed E-state index contributed by atoms with van der Waals surface area (Å²) >= 11 is 12.0. The first-order chi connectivity index (χ1) is 14.8. The number of hydrogen-bond acceptors (Lipinski definition) is 3. The van der Waals surface area contributed by atoms with Crippen LogP contribution >= 0.6 is 23.2 Å². The predicted octanol–water partition coefficient (Wildman–Crippen LogP) is 4.56. The quantitative estimate of drug-likeness (QED) is 0.492. The minimum atomic E-state index is -0.479. The van der Waals surface area contributed by atoms with Crippen LogP contribution in [0.5, 0.6) is 0 Å². The van der Waals surface area contributed by atoms with Gasteiger partial charge in [0.1, 0.15) is 0 Å². The van der Waals surface area contributed by atoms with Crippen molar-refractivity contribution in [3.8, 4) is 0 Å². The van der Waals surface area contributed by atoms with Crippen molar-refractivity contribution in [3.05, 3.63) is 99.0 Å². The lowest BCUT2D eigenvalue weighted by Crippen LogP contribution is -2.41. The summed E-state index contributed by atoms with van der Waals surface area (Å²) in [7, 11) is 0. The van der Waals surface area contributed by atoms with Crippen LogP contribution in [-0.4, -0.2) is 17.7 Å². The molecule has 0 atom stereocenters. The van der Waals surface area contributed by atoms with E-state index in [1.165, 1.54) is 0 Å². The van der Waals surface area contributed by atoms with Gasteiger partial charge in [-0.05, 0) is 60.5 Å². The molecule has 3 aromatic rings. The molecule has 3 rings (SSSR count). The van der Waals surface area contributed by atoms with Gasteiger partial charge in [-0.25, -0.2) is 0 Å². The Morgan fingerprint density at radius 1 is 0.839 bits per heavy atom. The van der Waals surface area contributed by atoms with Crippen LogP contribution in [-0.2, 0) is 11.2 Å². The fourth-order valence-electron chi connectivity index (χ4n) is 2.83. The SMILES string of the molecule is Cc1ccccc1C(=O)NNC(=O)c1ccc(NC(=O)Cc2ccc(Cl)cc2Cl)cc1. The van der Waals surface area contributed by atoms with E-state index in [4.69, 9.17) is 23.2 Å². The lowest BCUT2D eigenvalue weighted by atomic mass is 10.1. The monoisotopic (exact) mass is 455 g/mol. The number of anilines is 1. The summed E-state index contributed by atoms with van der Waals surface area (Å²) < 4.78 is 0. The summed E-state index contributed by atoms with van der Waals surface area (Å²) in [6.45, 7) is 1.81. The van der Waals surface area contributed by atoms with Gasteiger partial charge in [0, 0.05) is 26.9 Å². The van der Waals surface area contributed by atoms with Crippen molar-refractivity contribution in [2.24, 2.45) is 0 Å². The smallest absolute Gasteiger partial charge is 0.269 e. The van der Waals surface area contributed by atoms with E-state index in [1.807, 2.05) is 19.1 Å². The number of hydrogen-bond donors (Lipinski definition) is 3. The number of benzene rings is 3. The molecule has 0 spiro atoms. The summed E-state index contributed by atoms with van der Waals surface area (Å²) in [6.07, 6.45) is 0.0865. The number of hydrazine groups is 1. The third-order valence-corrected chi connectivity index (χ3v) is 5.06. The summed E-state index contributed by atoms with van der Waals surface area (Å²) in [4.78, 5) is 36.7. The molecular formula is C23H19Cl2N3O3. The molecule has 0 bridgehead atoms. The maximum absolute atomic E-state index is 12.3. The van der Waals surface area contributed by atoms with Crippen LogP contribution in [0.2, 0.25) is 10.0 Å². The van der Waals surface area contributed by atoms with E-state index in [-0.39, 0.29) is 12.3 Å². The molecule has 0 aliphatic carbocycles. The van der Waals surface area contributed by atoms with Crippen molar-refractivity contribution in [1.29, 1.82) is 0 Å². The molecule has 0 unspecified atom stereocenters. The molecule has 6 nitrogen and oxygen atoms in total. The molecule has 3 N–H and O–H groups in total. The van der Waals surface area contributed by atoms with Crippen molar-refractivity contribution >= 4 is 46.6 Å². The Morgan fingerprint density at radius 2 is 1.52 bits per heavy atom. The van der Waals surface area contributed by atoms with E-state index in [1.54, 1.807) is 54.6 Å². The van der Waals surface area contributed by atoms with E-state index >= 15 is 0 Å². The first-order valence-corrected chi connectivity index (χ1v) is 10.1. The van der Waals surface area contributed by atoms with Gasteiger partial charge < -0.3 is 5.32 Å². The number of nitrogens with one attached hydrogen (secondary N) is 3. The Hall–Kier alpha value is -3.35. The second-order valence-corrected chi connectivity index (χ2v) is 7.60. The lowest BCUT2D eigenvalue weighted by molar-refractivity contribution is -0.115. The van der Waals surface area contributed by atoms with Gasteiger partial charge in [0.05, 0.1) is 6.42 Å². The summed E-state index contributed by atoms with van der Waals surface area (Å²) in [5.74, 6) is -1.14. The minimum Gasteiger partial charge on any atom is -0.326 e. The fourth-order valence-corrected chi connectivity index (χ4v) is 3.30. The zero-order valence-electron chi connectivity index (χ0n) is 16.5. The zero-order valence-corrected chi connectivity index (χ0v) is 18.1. The molecule has 0 radical (unpaired) electrons. The van der Waals surface area contributed by atoms with Crippen LogP contribution in [0, 0.1) is 6.92 Å². The maximum Gasteiger partial charge on any atom is 0.269 e. The van der Waals surface area contributed by atoms with E-state index in [9.17, 15) is 14.4 Å². The Labute approximate surface area is 189 Å². The molecule has 3 aromatic carbocycles. The number of aryl methyl sites for hydroxylation is 1. The minimum absolute atomic E-state index is 0.0865. The first kappa shape index (κ1) is 22.3. The van der Waals surface area contributed by atoms with E-state index in [0.29, 0.717) is 32.4 Å². The van der Waals surface area contributed by atoms with Gasteiger partial charge in [-0.1, -0.05) is 47.5 Å². The molecule has 0 aromatic heterocycles. The van der Waals surface area contributed by atoms with Crippen molar-refractivity contribution in [2.75, 3.05) is 5.32 Å². The van der Waals surface area contributed by atoms with E-state index < -0.39 is 11.8 Å². The average molecular weight is 456 g/mol. The zero-order chi connectivity index (χ0) is 22.4. The molecule has 158 valence electrons. The van der Waals surface area contributed by atoms with Gasteiger partial charge in [-0.2, -0.15) is 0 Å². The van der Waals surface area contributed by atoms with Crippen LogP contribution in [0.4, 0.5) is 5.69 Å². The number of carbonyl (C=O) groups excluding carboxylic acids is 3. The van der Waals surface area contributed by atoms with Crippen LogP contribution in [0.25, 0.3) is 0 Å². The number of carbonyl (C=O) groups is 3. The second kappa shape index (κ2) is 10.1. The summed E-state index contributed by atoms with van der Waals surface area (Å²) in [5.41, 5.74) is 7.55. The highest BCUT2D eigenvalue weighted by molar-refractivity contribution is 6.35. The van der Waals surface area contributed by atoms with Crippen molar-refractivity contribution in [3.63, 3.8) is 0 Å². The summed E-state index contributed by atoms with van der Waals surface area (Å²) in [6, 6.07) is 18.3. The highest BCUT2D eigenvalue weighted by Gasteiger charge is 2.12. The lowest BCUT2D eigenvalue weighted by Gasteiger charge is -2.10. The van der Waals surface area contributed by atoms with Gasteiger partial charge in [-0.15, -0.1) is 0 Å². The standard InChI is InChI=1S/C23H19Cl2N3O3/c1-14-4-2-3-5-19(14)23(31)28-27-22(30)15-7-10-18(11-8-15)26-21(29)12-16-6-9-17(24)13-20(16)25/h2-11,13H,12H2,1H3,(H,26,29)(H,27,30)(H,28,31). The Morgan fingerprint density at radius 3 is 2.19 bits per heavy atom. The van der Waals surface area contributed by atoms with Gasteiger partial charge in [0.15, 0.2) is 0 Å². The average Bonchev–Trinajstić information content (AvgIpc) is 2.74. The highest BCUT2D eigenvalue weighted by Crippen LogP contribution is 2.22. The Balaban J connectivity index is 1.54. The number of amides is 3. The largest absolute Gasteiger partial charge is 0.326 e. The molecule has 0 saturated heterocycles. The molecule has 0 aliphatic rings. The van der Waals surface area contributed by atoms with Crippen molar-refractivity contribution in [1.82, 2.24) is 10.9 Å². The Kier molecular flexibility index (Phi) is 7.28. The van der Waals surface area contributed by atoms with Crippen molar-refractivity contribution in [2.45, 2.75) is 13.3 Å². The number of rotatable bonds is 5. The Bertz CT molecular complexity index is 1130. The molecule has 0 heterocycles. The number of halogens is 2. The van der Waals surface area contributed by atoms with Gasteiger partial charge in [0.2, 0.25) is 5.91 Å². The van der Waals surface area contributed by atoms with Gasteiger partial charge in [-0.3, -0.25) is 25.2 Å². The normalized spacial score (nSPS) is 10.3. The molecule has 31 heavy (non-hydrogen) atoms. The third-order valence-electron chi connectivity index (χ3n) is 4.48. The van der Waals surface area contributed by atoms with Gasteiger partial charge in [0.25, 0.3) is 11.8 Å². The molecule has 0 fully saturated rings. The third kappa shape index (κ3) is 6.07. The van der Waals surface area contributed by atoms with Crippen LogP contribution in [0.3, 0.4) is 0 Å². The predicted molar refractivity (Wildman–Crippen MR) is 121 cm³/mol. The molecule has 0 aliphatic heterocycles.